The summed E-state index contributed by atoms with van der Waals surface area (Å²) in [6.45, 7) is 8.20. The molecule has 0 saturated carbocycles. The maximum Gasteiger partial charge on any atom is 0.417 e. The van der Waals surface area contributed by atoms with Gasteiger partial charge in [-0.1, -0.05) is 43.7 Å². The van der Waals surface area contributed by atoms with Crippen LogP contribution in [0.4, 0.5) is 13.2 Å². The standard InChI is InChI=1S/C22H23F3N4O/c1-14-6-5-7-16(10-14)21(3,4)13-27-20(30)18-12-28-29(15(18)2)19-9-8-17(11-26-19)22(23,24)25/h5-12H,13H2,1-4H3,(H,27,30). The molecule has 30 heavy (non-hydrogen) atoms. The van der Waals surface area contributed by atoms with Gasteiger partial charge in [0.05, 0.1) is 23.0 Å². The van der Waals surface area contributed by atoms with Crippen LogP contribution >= 0.6 is 0 Å². The summed E-state index contributed by atoms with van der Waals surface area (Å²) in [5.74, 6) is -0.0916. The van der Waals surface area contributed by atoms with E-state index in [0.29, 0.717) is 17.8 Å². The lowest BCUT2D eigenvalue weighted by molar-refractivity contribution is -0.137. The molecule has 0 spiro atoms. The highest BCUT2D eigenvalue weighted by Crippen LogP contribution is 2.29. The number of benzene rings is 1. The van der Waals surface area contributed by atoms with Gasteiger partial charge in [-0.05, 0) is 31.5 Å². The zero-order valence-electron chi connectivity index (χ0n) is 17.2. The molecular weight excluding hydrogens is 393 g/mol. The number of amides is 1. The maximum atomic E-state index is 12.7. The minimum atomic E-state index is -4.46. The number of hydrogen-bond acceptors (Lipinski definition) is 3. The number of nitrogens with zero attached hydrogens (tertiary/aromatic N) is 3. The molecule has 0 fully saturated rings. The van der Waals surface area contributed by atoms with E-state index in [0.717, 1.165) is 23.4 Å². The quantitative estimate of drug-likeness (QED) is 0.661. The summed E-state index contributed by atoms with van der Waals surface area (Å²) in [5.41, 5.74) is 1.98. The number of halogens is 3. The topological polar surface area (TPSA) is 59.8 Å². The molecular formula is C22H23F3N4O. The zero-order chi connectivity index (χ0) is 22.1. The van der Waals surface area contributed by atoms with Crippen LogP contribution in [0.1, 0.15) is 46.6 Å². The number of hydrogen-bond donors (Lipinski definition) is 1. The van der Waals surface area contributed by atoms with E-state index in [-0.39, 0.29) is 17.1 Å². The van der Waals surface area contributed by atoms with E-state index in [2.05, 4.69) is 21.5 Å². The molecule has 8 heteroatoms. The molecule has 5 nitrogen and oxygen atoms in total. The monoisotopic (exact) mass is 416 g/mol. The number of carbonyl (C=O) groups excluding carboxylic acids is 1. The van der Waals surface area contributed by atoms with Crippen molar-refractivity contribution in [1.82, 2.24) is 20.1 Å². The van der Waals surface area contributed by atoms with Crippen LogP contribution in [0.15, 0.2) is 48.8 Å². The predicted octanol–water partition coefficient (Wildman–Crippen LogP) is 4.61. The molecule has 0 aliphatic heterocycles. The number of aryl methyl sites for hydroxylation is 1. The average molecular weight is 416 g/mol. The van der Waals surface area contributed by atoms with E-state index in [1.807, 2.05) is 39.0 Å². The van der Waals surface area contributed by atoms with Gasteiger partial charge in [0, 0.05) is 18.2 Å². The summed E-state index contributed by atoms with van der Waals surface area (Å²) in [4.78, 5) is 16.5. The molecule has 2 heterocycles. The molecule has 0 saturated heterocycles. The molecule has 3 rings (SSSR count). The summed E-state index contributed by atoms with van der Waals surface area (Å²) < 4.78 is 39.5. The Balaban J connectivity index is 1.74. The number of rotatable bonds is 5. The predicted molar refractivity (Wildman–Crippen MR) is 108 cm³/mol. The van der Waals surface area contributed by atoms with Gasteiger partial charge in [0.1, 0.15) is 0 Å². The molecule has 0 aliphatic carbocycles. The van der Waals surface area contributed by atoms with Gasteiger partial charge >= 0.3 is 6.18 Å². The first-order valence-corrected chi connectivity index (χ1v) is 9.42. The van der Waals surface area contributed by atoms with Crippen molar-refractivity contribution < 1.29 is 18.0 Å². The summed E-state index contributed by atoms with van der Waals surface area (Å²) in [5, 5.41) is 7.06. The lowest BCUT2D eigenvalue weighted by Gasteiger charge is -2.26. The van der Waals surface area contributed by atoms with Crippen molar-refractivity contribution in [1.29, 1.82) is 0 Å². The molecule has 1 N–H and O–H groups in total. The van der Waals surface area contributed by atoms with Crippen LogP contribution in [0.5, 0.6) is 0 Å². The third-order valence-electron chi connectivity index (χ3n) is 5.04. The maximum absolute atomic E-state index is 12.7. The number of nitrogens with one attached hydrogen (secondary N) is 1. The van der Waals surface area contributed by atoms with Gasteiger partial charge in [-0.15, -0.1) is 0 Å². The van der Waals surface area contributed by atoms with Crippen LogP contribution in [0.3, 0.4) is 0 Å². The Bertz CT molecular complexity index is 1050. The van der Waals surface area contributed by atoms with Gasteiger partial charge in [-0.3, -0.25) is 4.79 Å². The highest BCUT2D eigenvalue weighted by atomic mass is 19.4. The van der Waals surface area contributed by atoms with Crippen molar-refractivity contribution in [2.45, 2.75) is 39.3 Å². The molecule has 0 aliphatic rings. The van der Waals surface area contributed by atoms with Crippen molar-refractivity contribution in [3.8, 4) is 5.82 Å². The number of pyridine rings is 1. The average Bonchev–Trinajstić information content (AvgIpc) is 3.07. The van der Waals surface area contributed by atoms with Crippen LogP contribution in [0.2, 0.25) is 0 Å². The Hall–Kier alpha value is -3.16. The Labute approximate surface area is 173 Å². The normalized spacial score (nSPS) is 12.1. The van der Waals surface area contributed by atoms with Crippen LogP contribution in [-0.4, -0.2) is 27.2 Å². The lowest BCUT2D eigenvalue weighted by Crippen LogP contribution is -2.36. The molecule has 0 unspecified atom stereocenters. The molecule has 2 aromatic heterocycles. The fourth-order valence-electron chi connectivity index (χ4n) is 3.11. The number of aromatic nitrogens is 3. The fourth-order valence-corrected chi connectivity index (χ4v) is 3.11. The highest BCUT2D eigenvalue weighted by Gasteiger charge is 2.31. The second-order valence-corrected chi connectivity index (χ2v) is 7.89. The van der Waals surface area contributed by atoms with E-state index in [1.54, 1.807) is 6.92 Å². The van der Waals surface area contributed by atoms with E-state index >= 15 is 0 Å². The molecule has 1 amide bonds. The van der Waals surface area contributed by atoms with Gasteiger partial charge in [0.15, 0.2) is 5.82 Å². The van der Waals surface area contributed by atoms with Crippen LogP contribution < -0.4 is 5.32 Å². The second-order valence-electron chi connectivity index (χ2n) is 7.89. The van der Waals surface area contributed by atoms with Gasteiger partial charge in [-0.2, -0.15) is 18.3 Å². The molecule has 0 atom stereocenters. The molecule has 0 bridgehead atoms. The van der Waals surface area contributed by atoms with Crippen molar-refractivity contribution in [3.05, 3.63) is 76.7 Å². The molecule has 3 aromatic rings. The Morgan fingerprint density at radius 2 is 1.80 bits per heavy atom. The van der Waals surface area contributed by atoms with E-state index in [9.17, 15) is 18.0 Å². The SMILES string of the molecule is Cc1cccc(C(C)(C)CNC(=O)c2cnn(-c3ccc(C(F)(F)F)cn3)c2C)c1. The van der Waals surface area contributed by atoms with Gasteiger partial charge in [-0.25, -0.2) is 9.67 Å². The lowest BCUT2D eigenvalue weighted by atomic mass is 9.84. The summed E-state index contributed by atoms with van der Waals surface area (Å²) >= 11 is 0. The Kier molecular flexibility index (Phi) is 5.70. The highest BCUT2D eigenvalue weighted by molar-refractivity contribution is 5.95. The smallest absolute Gasteiger partial charge is 0.351 e. The van der Waals surface area contributed by atoms with Crippen molar-refractivity contribution in [2.75, 3.05) is 6.54 Å². The fraction of sp³-hybridized carbons (Fsp3) is 0.318. The molecule has 0 radical (unpaired) electrons. The minimum absolute atomic E-state index is 0.208. The third kappa shape index (κ3) is 4.53. The van der Waals surface area contributed by atoms with Crippen LogP contribution in [0, 0.1) is 13.8 Å². The molecule has 158 valence electrons. The second kappa shape index (κ2) is 7.93. The minimum Gasteiger partial charge on any atom is -0.351 e. The first kappa shape index (κ1) is 21.5. The van der Waals surface area contributed by atoms with E-state index in [1.165, 1.54) is 16.9 Å². The first-order valence-electron chi connectivity index (χ1n) is 9.42. The van der Waals surface area contributed by atoms with Gasteiger partial charge in [0.2, 0.25) is 0 Å². The van der Waals surface area contributed by atoms with Crippen molar-refractivity contribution >= 4 is 5.91 Å². The Morgan fingerprint density at radius 1 is 1.07 bits per heavy atom. The summed E-state index contributed by atoms with van der Waals surface area (Å²) in [7, 11) is 0. The largest absolute Gasteiger partial charge is 0.417 e. The van der Waals surface area contributed by atoms with E-state index < -0.39 is 11.7 Å². The van der Waals surface area contributed by atoms with Crippen molar-refractivity contribution in [3.63, 3.8) is 0 Å². The summed E-state index contributed by atoms with van der Waals surface area (Å²) in [6, 6.07) is 10.3. The van der Waals surface area contributed by atoms with Crippen LogP contribution in [0.25, 0.3) is 5.82 Å². The summed E-state index contributed by atoms with van der Waals surface area (Å²) in [6.07, 6.45) is -2.32. The van der Waals surface area contributed by atoms with Crippen molar-refractivity contribution in [2.24, 2.45) is 0 Å². The van der Waals surface area contributed by atoms with Gasteiger partial charge < -0.3 is 5.32 Å². The third-order valence-corrected chi connectivity index (χ3v) is 5.04. The Morgan fingerprint density at radius 3 is 2.40 bits per heavy atom. The number of alkyl halides is 3. The molecule has 1 aromatic carbocycles. The van der Waals surface area contributed by atoms with E-state index in [4.69, 9.17) is 0 Å². The first-order chi connectivity index (χ1) is 14.0. The van der Waals surface area contributed by atoms with Gasteiger partial charge in [0.25, 0.3) is 5.91 Å². The zero-order valence-corrected chi connectivity index (χ0v) is 17.2. The number of carbonyl (C=O) groups is 1. The van der Waals surface area contributed by atoms with Crippen LogP contribution in [-0.2, 0) is 11.6 Å².